The number of amides is 1. The van der Waals surface area contributed by atoms with Gasteiger partial charge in [0.1, 0.15) is 18.4 Å². The fourth-order valence-corrected chi connectivity index (χ4v) is 2.78. The molecule has 0 aliphatic rings. The molecule has 0 bridgehead atoms. The Hall–Kier alpha value is -2.91. The van der Waals surface area contributed by atoms with Crippen LogP contribution in [0.4, 0.5) is 11.4 Å². The van der Waals surface area contributed by atoms with Gasteiger partial charge in [-0.3, -0.25) is 24.3 Å². The molecule has 0 saturated carbocycles. The molecule has 1 N–H and O–H groups in total. The highest BCUT2D eigenvalue weighted by atomic mass is 35.5. The van der Waals surface area contributed by atoms with Gasteiger partial charge in [-0.2, -0.15) is 10.2 Å². The highest BCUT2D eigenvalue weighted by molar-refractivity contribution is 6.42. The van der Waals surface area contributed by atoms with Crippen molar-refractivity contribution in [2.75, 3.05) is 5.32 Å². The van der Waals surface area contributed by atoms with Crippen molar-refractivity contribution in [1.82, 2.24) is 19.6 Å². The van der Waals surface area contributed by atoms with Gasteiger partial charge >= 0.3 is 5.69 Å². The molecule has 0 aliphatic carbocycles. The summed E-state index contributed by atoms with van der Waals surface area (Å²) >= 11 is 11.9. The van der Waals surface area contributed by atoms with Crippen LogP contribution < -0.4 is 5.32 Å². The van der Waals surface area contributed by atoms with E-state index in [1.165, 1.54) is 24.0 Å². The normalized spacial score (nSPS) is 10.8. The van der Waals surface area contributed by atoms with E-state index < -0.39 is 4.92 Å². The van der Waals surface area contributed by atoms with Gasteiger partial charge in [-0.15, -0.1) is 0 Å². The Bertz CT molecular complexity index is 1010. The van der Waals surface area contributed by atoms with Crippen molar-refractivity contribution in [2.24, 2.45) is 0 Å². The fourth-order valence-electron chi connectivity index (χ4n) is 2.45. The minimum absolute atomic E-state index is 0.128. The monoisotopic (exact) mass is 408 g/mol. The first-order valence-corrected chi connectivity index (χ1v) is 8.52. The average Bonchev–Trinajstić information content (AvgIpc) is 3.17. The number of hydrogen-bond donors (Lipinski definition) is 1. The molecule has 9 nitrogen and oxygen atoms in total. The molecule has 140 valence electrons. The molecule has 0 atom stereocenters. The minimum atomic E-state index is -0.538. The van der Waals surface area contributed by atoms with Gasteiger partial charge in [-0.25, -0.2) is 0 Å². The van der Waals surface area contributed by atoms with Gasteiger partial charge in [0.05, 0.1) is 33.4 Å². The highest BCUT2D eigenvalue weighted by Gasteiger charge is 2.17. The summed E-state index contributed by atoms with van der Waals surface area (Å²) in [5.41, 5.74) is 1.53. The van der Waals surface area contributed by atoms with E-state index in [1.807, 2.05) is 6.07 Å². The molecule has 11 heteroatoms. The Kier molecular flexibility index (Phi) is 5.43. The number of aromatic nitrogens is 4. The third-order valence-electron chi connectivity index (χ3n) is 3.67. The molecule has 2 heterocycles. The molecule has 1 amide bonds. The molecule has 1 aromatic carbocycles. The van der Waals surface area contributed by atoms with E-state index in [9.17, 15) is 14.9 Å². The van der Waals surface area contributed by atoms with Crippen LogP contribution in [0.25, 0.3) is 0 Å². The maximum absolute atomic E-state index is 12.1. The Labute approximate surface area is 163 Å². The van der Waals surface area contributed by atoms with Gasteiger partial charge in [0.25, 0.3) is 0 Å². The van der Waals surface area contributed by atoms with E-state index in [4.69, 9.17) is 23.2 Å². The van der Waals surface area contributed by atoms with E-state index in [2.05, 4.69) is 15.5 Å². The van der Waals surface area contributed by atoms with E-state index in [-0.39, 0.29) is 23.8 Å². The molecule has 0 fully saturated rings. The SMILES string of the molecule is Cc1nn(CC(=O)Nc2cnn(Cc3ccc(Cl)c(Cl)c3)c2)cc1[N+](=O)[O-]. The lowest BCUT2D eigenvalue weighted by Gasteiger charge is -2.04. The maximum atomic E-state index is 12.1. The number of halogens is 2. The number of anilines is 1. The molecule has 27 heavy (non-hydrogen) atoms. The van der Waals surface area contributed by atoms with Crippen LogP contribution >= 0.6 is 23.2 Å². The van der Waals surface area contributed by atoms with Crippen LogP contribution in [0.15, 0.2) is 36.8 Å². The third-order valence-corrected chi connectivity index (χ3v) is 4.41. The number of nitro groups is 1. The number of nitrogens with zero attached hydrogens (tertiary/aromatic N) is 5. The molecule has 0 unspecified atom stereocenters. The van der Waals surface area contributed by atoms with Crippen molar-refractivity contribution in [1.29, 1.82) is 0 Å². The van der Waals surface area contributed by atoms with Gasteiger partial charge in [0.15, 0.2) is 0 Å². The highest BCUT2D eigenvalue weighted by Crippen LogP contribution is 2.23. The standard InChI is InChI=1S/C16H14Cl2N6O3/c1-10-15(24(26)27)8-23(21-10)9-16(25)20-12-5-19-22(7-12)6-11-2-3-13(17)14(18)4-11/h2-5,7-8H,6,9H2,1H3,(H,20,25). The molecule has 0 saturated heterocycles. The van der Waals surface area contributed by atoms with Crippen LogP contribution in [0.3, 0.4) is 0 Å². The number of benzene rings is 1. The first-order valence-electron chi connectivity index (χ1n) is 7.76. The van der Waals surface area contributed by atoms with Crippen LogP contribution in [0.1, 0.15) is 11.3 Å². The Morgan fingerprint density at radius 3 is 2.70 bits per heavy atom. The second-order valence-corrected chi connectivity index (χ2v) is 6.59. The molecule has 0 spiro atoms. The van der Waals surface area contributed by atoms with Gasteiger partial charge in [-0.05, 0) is 24.6 Å². The number of carbonyl (C=O) groups is 1. The predicted octanol–water partition coefficient (Wildman–Crippen LogP) is 3.29. The number of aryl methyl sites for hydroxylation is 1. The number of carbonyl (C=O) groups excluding carboxylic acids is 1. The molecule has 3 aromatic rings. The molecular weight excluding hydrogens is 395 g/mol. The van der Waals surface area contributed by atoms with Gasteiger partial charge in [-0.1, -0.05) is 29.3 Å². The smallest absolute Gasteiger partial charge is 0.309 e. The Morgan fingerprint density at radius 2 is 2.04 bits per heavy atom. The third kappa shape index (κ3) is 4.63. The molecular formula is C16H14Cl2N6O3. The Morgan fingerprint density at radius 1 is 1.26 bits per heavy atom. The summed E-state index contributed by atoms with van der Waals surface area (Å²) in [4.78, 5) is 22.4. The van der Waals surface area contributed by atoms with Crippen LogP contribution in [-0.4, -0.2) is 30.4 Å². The number of nitrogens with one attached hydrogen (secondary N) is 1. The van der Waals surface area contributed by atoms with Crippen molar-refractivity contribution < 1.29 is 9.72 Å². The van der Waals surface area contributed by atoms with Crippen molar-refractivity contribution in [3.05, 3.63) is 68.2 Å². The largest absolute Gasteiger partial charge is 0.322 e. The second-order valence-electron chi connectivity index (χ2n) is 5.78. The summed E-state index contributed by atoms with van der Waals surface area (Å²) in [6, 6.07) is 5.29. The zero-order valence-electron chi connectivity index (χ0n) is 14.1. The summed E-state index contributed by atoms with van der Waals surface area (Å²) in [5.74, 6) is -0.374. The zero-order valence-corrected chi connectivity index (χ0v) is 15.6. The first kappa shape index (κ1) is 18.9. The maximum Gasteiger partial charge on any atom is 0.309 e. The van der Waals surface area contributed by atoms with Gasteiger partial charge in [0.2, 0.25) is 5.91 Å². The van der Waals surface area contributed by atoms with E-state index in [1.54, 1.807) is 23.0 Å². The lowest BCUT2D eigenvalue weighted by atomic mass is 10.2. The van der Waals surface area contributed by atoms with E-state index >= 15 is 0 Å². The van der Waals surface area contributed by atoms with Crippen molar-refractivity contribution in [2.45, 2.75) is 20.0 Å². The van der Waals surface area contributed by atoms with Crippen LogP contribution in [-0.2, 0) is 17.9 Å². The lowest BCUT2D eigenvalue weighted by Crippen LogP contribution is -2.18. The fraction of sp³-hybridized carbons (Fsp3) is 0.188. The number of hydrogen-bond acceptors (Lipinski definition) is 5. The van der Waals surface area contributed by atoms with Crippen LogP contribution in [0, 0.1) is 17.0 Å². The van der Waals surface area contributed by atoms with E-state index in [0.717, 1.165) is 5.56 Å². The van der Waals surface area contributed by atoms with Gasteiger partial charge < -0.3 is 5.32 Å². The summed E-state index contributed by atoms with van der Waals surface area (Å²) in [7, 11) is 0. The lowest BCUT2D eigenvalue weighted by molar-refractivity contribution is -0.385. The number of rotatable bonds is 6. The quantitative estimate of drug-likeness (QED) is 0.497. The summed E-state index contributed by atoms with van der Waals surface area (Å²) in [6.45, 7) is 1.82. The van der Waals surface area contributed by atoms with E-state index in [0.29, 0.717) is 22.3 Å². The minimum Gasteiger partial charge on any atom is -0.322 e. The summed E-state index contributed by atoms with van der Waals surface area (Å²) in [6.07, 6.45) is 4.39. The van der Waals surface area contributed by atoms with Crippen LogP contribution in [0.5, 0.6) is 0 Å². The second kappa shape index (κ2) is 7.77. The van der Waals surface area contributed by atoms with Crippen molar-refractivity contribution in [3.8, 4) is 0 Å². The molecule has 2 aromatic heterocycles. The van der Waals surface area contributed by atoms with Gasteiger partial charge in [0, 0.05) is 6.20 Å². The van der Waals surface area contributed by atoms with Crippen molar-refractivity contribution in [3.63, 3.8) is 0 Å². The first-order chi connectivity index (χ1) is 12.8. The summed E-state index contributed by atoms with van der Waals surface area (Å²) in [5, 5.41) is 22.6. The Balaban J connectivity index is 1.61. The molecule has 0 radical (unpaired) electrons. The average molecular weight is 409 g/mol. The molecule has 0 aliphatic heterocycles. The summed E-state index contributed by atoms with van der Waals surface area (Å²) < 4.78 is 2.86. The topological polar surface area (TPSA) is 108 Å². The zero-order chi connectivity index (χ0) is 19.6. The van der Waals surface area contributed by atoms with Crippen LogP contribution in [0.2, 0.25) is 10.0 Å². The molecule has 3 rings (SSSR count). The van der Waals surface area contributed by atoms with Crippen molar-refractivity contribution >= 4 is 40.5 Å². The predicted molar refractivity (Wildman–Crippen MR) is 100 cm³/mol.